The van der Waals surface area contributed by atoms with Crippen LogP contribution in [0.1, 0.15) is 38.7 Å². The van der Waals surface area contributed by atoms with Gasteiger partial charge in [-0.15, -0.1) is 0 Å². The first-order chi connectivity index (χ1) is 10.1. The lowest BCUT2D eigenvalue weighted by Gasteiger charge is -2.25. The second kappa shape index (κ2) is 8.03. The van der Waals surface area contributed by atoms with Crippen LogP contribution in [0.5, 0.6) is 5.75 Å². The summed E-state index contributed by atoms with van der Waals surface area (Å²) in [5.74, 6) is 0.979. The number of likely N-dealkylation sites (tertiary alicyclic amines) is 1. The summed E-state index contributed by atoms with van der Waals surface area (Å²) in [5.41, 5.74) is 1.10. The number of carbonyl (C=O) groups excluding carboxylic acids is 1. The minimum absolute atomic E-state index is 0.111. The summed E-state index contributed by atoms with van der Waals surface area (Å²) in [6.45, 7) is 7.22. The Morgan fingerprint density at radius 1 is 1.19 bits per heavy atom. The summed E-state index contributed by atoms with van der Waals surface area (Å²) in [4.78, 5) is 14.2. The second-order valence-corrected chi connectivity index (χ2v) is 5.92. The molecule has 1 N–H and O–H groups in total. The van der Waals surface area contributed by atoms with Crippen LogP contribution in [0.4, 0.5) is 0 Å². The lowest BCUT2D eigenvalue weighted by Crippen LogP contribution is -2.39. The van der Waals surface area contributed by atoms with Gasteiger partial charge in [0.05, 0.1) is 12.6 Å². The minimum atomic E-state index is 0.111. The van der Waals surface area contributed by atoms with Crippen LogP contribution in [-0.2, 0) is 11.3 Å². The van der Waals surface area contributed by atoms with Crippen LogP contribution < -0.4 is 10.1 Å². The largest absolute Gasteiger partial charge is 0.491 e. The predicted octanol–water partition coefficient (Wildman–Crippen LogP) is 2.58. The van der Waals surface area contributed by atoms with Crippen LogP contribution in [0.25, 0.3) is 0 Å². The van der Waals surface area contributed by atoms with Gasteiger partial charge in [-0.05, 0) is 57.5 Å². The molecule has 1 amide bonds. The number of ether oxygens (including phenoxy) is 1. The third-order valence-corrected chi connectivity index (χ3v) is 3.60. The van der Waals surface area contributed by atoms with Gasteiger partial charge in [0, 0.05) is 6.54 Å². The molecule has 4 heteroatoms. The number of piperidine rings is 1. The first kappa shape index (κ1) is 15.8. The summed E-state index contributed by atoms with van der Waals surface area (Å²) in [5, 5.41) is 2.99. The highest BCUT2D eigenvalue weighted by atomic mass is 16.5. The average Bonchev–Trinajstić information content (AvgIpc) is 2.47. The van der Waals surface area contributed by atoms with Crippen molar-refractivity contribution in [2.75, 3.05) is 19.6 Å². The van der Waals surface area contributed by atoms with Crippen molar-refractivity contribution < 1.29 is 9.53 Å². The molecule has 0 aromatic heterocycles. The van der Waals surface area contributed by atoms with E-state index in [1.807, 2.05) is 38.1 Å². The third kappa shape index (κ3) is 5.76. The number of nitrogens with zero attached hydrogens (tertiary/aromatic N) is 1. The summed E-state index contributed by atoms with van der Waals surface area (Å²) in [6, 6.07) is 7.90. The molecule has 0 saturated carbocycles. The first-order valence-corrected chi connectivity index (χ1v) is 7.88. The zero-order valence-electron chi connectivity index (χ0n) is 13.1. The lowest BCUT2D eigenvalue weighted by molar-refractivity contribution is -0.122. The maximum Gasteiger partial charge on any atom is 0.234 e. The Morgan fingerprint density at radius 3 is 2.48 bits per heavy atom. The van der Waals surface area contributed by atoms with Gasteiger partial charge in [-0.2, -0.15) is 0 Å². The second-order valence-electron chi connectivity index (χ2n) is 5.92. The summed E-state index contributed by atoms with van der Waals surface area (Å²) in [7, 11) is 0. The molecule has 2 rings (SSSR count). The minimum Gasteiger partial charge on any atom is -0.491 e. The number of benzene rings is 1. The number of hydrogen-bond donors (Lipinski definition) is 1. The standard InChI is InChI=1S/C17H26N2O2/c1-14(2)21-16-8-6-15(7-9-16)12-18-17(20)13-19-10-4-3-5-11-19/h6-9,14H,3-5,10-13H2,1-2H3,(H,18,20). The van der Waals surface area contributed by atoms with E-state index >= 15 is 0 Å². The van der Waals surface area contributed by atoms with Crippen LogP contribution in [-0.4, -0.2) is 36.5 Å². The fourth-order valence-corrected chi connectivity index (χ4v) is 2.54. The number of hydrogen-bond acceptors (Lipinski definition) is 3. The molecule has 0 spiro atoms. The van der Waals surface area contributed by atoms with Crippen molar-refractivity contribution in [1.29, 1.82) is 0 Å². The SMILES string of the molecule is CC(C)Oc1ccc(CNC(=O)CN2CCCCC2)cc1. The Morgan fingerprint density at radius 2 is 1.86 bits per heavy atom. The average molecular weight is 290 g/mol. The van der Waals surface area contributed by atoms with E-state index in [1.165, 1.54) is 19.3 Å². The molecule has 21 heavy (non-hydrogen) atoms. The normalized spacial score (nSPS) is 16.0. The molecule has 0 radical (unpaired) electrons. The van der Waals surface area contributed by atoms with E-state index in [4.69, 9.17) is 4.74 Å². The zero-order valence-corrected chi connectivity index (χ0v) is 13.1. The molecular formula is C17H26N2O2. The molecule has 1 aromatic rings. The van der Waals surface area contributed by atoms with Crippen LogP contribution in [0.3, 0.4) is 0 Å². The van der Waals surface area contributed by atoms with Crippen molar-refractivity contribution in [3.63, 3.8) is 0 Å². The molecular weight excluding hydrogens is 264 g/mol. The van der Waals surface area contributed by atoms with E-state index in [0.717, 1.165) is 24.4 Å². The molecule has 1 saturated heterocycles. The third-order valence-electron chi connectivity index (χ3n) is 3.60. The highest BCUT2D eigenvalue weighted by Crippen LogP contribution is 2.13. The van der Waals surface area contributed by atoms with Crippen LogP contribution in [0.15, 0.2) is 24.3 Å². The van der Waals surface area contributed by atoms with Crippen molar-refractivity contribution in [3.05, 3.63) is 29.8 Å². The van der Waals surface area contributed by atoms with Crippen molar-refractivity contribution in [2.45, 2.75) is 45.8 Å². The molecule has 4 nitrogen and oxygen atoms in total. The van der Waals surface area contributed by atoms with E-state index in [0.29, 0.717) is 13.1 Å². The lowest BCUT2D eigenvalue weighted by atomic mass is 10.1. The van der Waals surface area contributed by atoms with Crippen molar-refractivity contribution in [1.82, 2.24) is 10.2 Å². The maximum atomic E-state index is 11.9. The van der Waals surface area contributed by atoms with Gasteiger partial charge < -0.3 is 10.1 Å². The number of nitrogens with one attached hydrogen (secondary N) is 1. The van der Waals surface area contributed by atoms with E-state index in [9.17, 15) is 4.79 Å². The molecule has 1 aliphatic rings. The van der Waals surface area contributed by atoms with Gasteiger partial charge >= 0.3 is 0 Å². The molecule has 1 heterocycles. The van der Waals surface area contributed by atoms with E-state index in [2.05, 4.69) is 10.2 Å². The van der Waals surface area contributed by atoms with Gasteiger partial charge in [-0.3, -0.25) is 9.69 Å². The molecule has 0 unspecified atom stereocenters. The quantitative estimate of drug-likeness (QED) is 0.875. The Labute approximate surface area is 127 Å². The fraction of sp³-hybridized carbons (Fsp3) is 0.588. The van der Waals surface area contributed by atoms with E-state index in [-0.39, 0.29) is 12.0 Å². The molecule has 0 aliphatic carbocycles. The van der Waals surface area contributed by atoms with Gasteiger partial charge in [-0.1, -0.05) is 18.6 Å². The maximum absolute atomic E-state index is 11.9. The van der Waals surface area contributed by atoms with Gasteiger partial charge in [0.2, 0.25) is 5.91 Å². The van der Waals surface area contributed by atoms with E-state index < -0.39 is 0 Å². The van der Waals surface area contributed by atoms with Gasteiger partial charge in [-0.25, -0.2) is 0 Å². The van der Waals surface area contributed by atoms with Crippen molar-refractivity contribution in [2.24, 2.45) is 0 Å². The van der Waals surface area contributed by atoms with Gasteiger partial charge in [0.15, 0.2) is 0 Å². The number of rotatable bonds is 6. The van der Waals surface area contributed by atoms with Crippen LogP contribution >= 0.6 is 0 Å². The molecule has 116 valence electrons. The zero-order chi connectivity index (χ0) is 15.1. The van der Waals surface area contributed by atoms with Crippen molar-refractivity contribution >= 4 is 5.91 Å². The Balaban J connectivity index is 1.73. The number of amides is 1. The van der Waals surface area contributed by atoms with Gasteiger partial charge in [0.1, 0.15) is 5.75 Å². The summed E-state index contributed by atoms with van der Waals surface area (Å²) < 4.78 is 5.60. The highest BCUT2D eigenvalue weighted by Gasteiger charge is 2.13. The Hall–Kier alpha value is -1.55. The Kier molecular flexibility index (Phi) is 6.05. The summed E-state index contributed by atoms with van der Waals surface area (Å²) in [6.07, 6.45) is 3.90. The molecule has 1 aromatic carbocycles. The summed E-state index contributed by atoms with van der Waals surface area (Å²) >= 11 is 0. The molecule has 0 atom stereocenters. The molecule has 1 fully saturated rings. The predicted molar refractivity (Wildman–Crippen MR) is 84.3 cm³/mol. The first-order valence-electron chi connectivity index (χ1n) is 7.88. The van der Waals surface area contributed by atoms with E-state index in [1.54, 1.807) is 0 Å². The van der Waals surface area contributed by atoms with Crippen LogP contribution in [0.2, 0.25) is 0 Å². The highest BCUT2D eigenvalue weighted by molar-refractivity contribution is 5.78. The van der Waals surface area contributed by atoms with Crippen molar-refractivity contribution in [3.8, 4) is 5.75 Å². The molecule has 0 bridgehead atoms. The monoisotopic (exact) mass is 290 g/mol. The van der Waals surface area contributed by atoms with Gasteiger partial charge in [0.25, 0.3) is 0 Å². The Bertz CT molecular complexity index is 437. The number of carbonyl (C=O) groups is 1. The van der Waals surface area contributed by atoms with Crippen LogP contribution in [0, 0.1) is 0 Å². The topological polar surface area (TPSA) is 41.6 Å². The fourth-order valence-electron chi connectivity index (χ4n) is 2.54. The smallest absolute Gasteiger partial charge is 0.234 e. The molecule has 1 aliphatic heterocycles.